The minimum Gasteiger partial charge on any atom is -0.497 e. The maximum Gasteiger partial charge on any atom is 0.450 e. The number of benzene rings is 2. The Morgan fingerprint density at radius 3 is 2.10 bits per heavy atom. The molecule has 0 aliphatic heterocycles. The molecule has 0 bridgehead atoms. The standard InChI is InChI=1S/C22H19F3O5/c1-21(2,3)20(27)29-14-9-10-15-16(11-14)30-19(22(23,24)25)17(18(15)26)12-5-7-13(28-4)8-6-12/h5-11H,1-4H3. The number of rotatable bonds is 3. The van der Waals surface area contributed by atoms with Crippen molar-refractivity contribution in [2.24, 2.45) is 5.41 Å². The van der Waals surface area contributed by atoms with Gasteiger partial charge in [0.05, 0.1) is 23.5 Å². The van der Waals surface area contributed by atoms with Gasteiger partial charge in [-0.3, -0.25) is 9.59 Å². The summed E-state index contributed by atoms with van der Waals surface area (Å²) in [5.41, 5.74) is -2.55. The van der Waals surface area contributed by atoms with E-state index in [0.29, 0.717) is 5.75 Å². The molecule has 0 aliphatic carbocycles. The Morgan fingerprint density at radius 2 is 1.57 bits per heavy atom. The van der Waals surface area contributed by atoms with Gasteiger partial charge in [0.25, 0.3) is 0 Å². The SMILES string of the molecule is COc1ccc(-c2c(C(F)(F)F)oc3cc(OC(=O)C(C)(C)C)ccc3c2=O)cc1. The summed E-state index contributed by atoms with van der Waals surface area (Å²) in [6.45, 7) is 4.91. The molecule has 0 saturated heterocycles. The van der Waals surface area contributed by atoms with Gasteiger partial charge in [0.1, 0.15) is 17.1 Å². The fourth-order valence-corrected chi connectivity index (χ4v) is 2.72. The minimum atomic E-state index is -4.92. The van der Waals surface area contributed by atoms with Gasteiger partial charge in [0, 0.05) is 6.07 Å². The third-order valence-electron chi connectivity index (χ3n) is 4.32. The van der Waals surface area contributed by atoms with E-state index in [0.717, 1.165) is 6.07 Å². The average Bonchev–Trinajstić information content (AvgIpc) is 2.66. The van der Waals surface area contributed by atoms with Crippen LogP contribution >= 0.6 is 0 Å². The van der Waals surface area contributed by atoms with E-state index in [1.807, 2.05) is 0 Å². The van der Waals surface area contributed by atoms with Gasteiger partial charge in [-0.25, -0.2) is 0 Å². The predicted octanol–water partition coefficient (Wildman–Crippen LogP) is 5.44. The van der Waals surface area contributed by atoms with Crippen molar-refractivity contribution in [3.8, 4) is 22.6 Å². The smallest absolute Gasteiger partial charge is 0.450 e. The van der Waals surface area contributed by atoms with Crippen LogP contribution in [-0.4, -0.2) is 13.1 Å². The average molecular weight is 420 g/mol. The number of halogens is 3. The lowest BCUT2D eigenvalue weighted by molar-refractivity contribution is -0.152. The Hall–Kier alpha value is -3.29. The van der Waals surface area contributed by atoms with Crippen LogP contribution in [0.4, 0.5) is 13.2 Å². The molecular weight excluding hydrogens is 401 g/mol. The molecule has 158 valence electrons. The molecule has 0 spiro atoms. The van der Waals surface area contributed by atoms with Crippen molar-refractivity contribution >= 4 is 16.9 Å². The third kappa shape index (κ3) is 4.17. The molecule has 0 aliphatic rings. The van der Waals surface area contributed by atoms with Crippen molar-refractivity contribution in [2.45, 2.75) is 26.9 Å². The molecule has 1 heterocycles. The Kier molecular flexibility index (Phi) is 5.36. The van der Waals surface area contributed by atoms with Gasteiger partial charge in [-0.1, -0.05) is 12.1 Å². The number of hydrogen-bond donors (Lipinski definition) is 0. The largest absolute Gasteiger partial charge is 0.497 e. The molecule has 5 nitrogen and oxygen atoms in total. The maximum absolute atomic E-state index is 13.7. The topological polar surface area (TPSA) is 65.7 Å². The Balaban J connectivity index is 2.20. The molecule has 2 aromatic carbocycles. The summed E-state index contributed by atoms with van der Waals surface area (Å²) in [5, 5.41) is -0.0654. The van der Waals surface area contributed by atoms with Crippen molar-refractivity contribution in [2.75, 3.05) is 7.11 Å². The highest BCUT2D eigenvalue weighted by molar-refractivity contribution is 5.85. The highest BCUT2D eigenvalue weighted by Crippen LogP contribution is 2.38. The zero-order chi connectivity index (χ0) is 22.3. The number of hydrogen-bond acceptors (Lipinski definition) is 5. The van der Waals surface area contributed by atoms with Crippen molar-refractivity contribution in [3.05, 3.63) is 58.4 Å². The van der Waals surface area contributed by atoms with E-state index in [4.69, 9.17) is 13.9 Å². The van der Waals surface area contributed by atoms with Gasteiger partial charge in [0.2, 0.25) is 11.2 Å². The highest BCUT2D eigenvalue weighted by atomic mass is 19.4. The molecular formula is C22H19F3O5. The Bertz CT molecular complexity index is 1150. The summed E-state index contributed by atoms with van der Waals surface area (Å²) >= 11 is 0. The van der Waals surface area contributed by atoms with Crippen molar-refractivity contribution in [3.63, 3.8) is 0 Å². The summed E-state index contributed by atoms with van der Waals surface area (Å²) in [6.07, 6.45) is -4.92. The van der Waals surface area contributed by atoms with Gasteiger partial charge in [0.15, 0.2) is 0 Å². The van der Waals surface area contributed by atoms with E-state index in [9.17, 15) is 22.8 Å². The lowest BCUT2D eigenvalue weighted by atomic mass is 9.97. The molecule has 0 unspecified atom stereocenters. The van der Waals surface area contributed by atoms with Crippen LogP contribution in [0, 0.1) is 5.41 Å². The van der Waals surface area contributed by atoms with Crippen LogP contribution in [0.25, 0.3) is 22.1 Å². The summed E-state index contributed by atoms with van der Waals surface area (Å²) < 4.78 is 56.4. The molecule has 3 rings (SSSR count). The van der Waals surface area contributed by atoms with Gasteiger partial charge in [-0.05, 0) is 50.6 Å². The van der Waals surface area contributed by atoms with Crippen molar-refractivity contribution in [1.29, 1.82) is 0 Å². The van der Waals surface area contributed by atoms with Crippen LogP contribution in [-0.2, 0) is 11.0 Å². The zero-order valence-corrected chi connectivity index (χ0v) is 16.7. The van der Waals surface area contributed by atoms with E-state index >= 15 is 0 Å². The van der Waals surface area contributed by atoms with Crippen LogP contribution in [0.5, 0.6) is 11.5 Å². The molecule has 30 heavy (non-hydrogen) atoms. The molecule has 3 aromatic rings. The first kappa shape index (κ1) is 21.4. The first-order valence-corrected chi connectivity index (χ1v) is 8.96. The summed E-state index contributed by atoms with van der Waals surface area (Å²) in [5.74, 6) is -1.58. The first-order valence-electron chi connectivity index (χ1n) is 8.96. The highest BCUT2D eigenvalue weighted by Gasteiger charge is 2.39. The summed E-state index contributed by atoms with van der Waals surface area (Å²) in [4.78, 5) is 25.0. The molecule has 0 N–H and O–H groups in total. The number of fused-ring (bicyclic) bond motifs is 1. The second kappa shape index (κ2) is 7.51. The van der Waals surface area contributed by atoms with Gasteiger partial charge in [-0.2, -0.15) is 13.2 Å². The minimum absolute atomic E-state index is 0.0177. The summed E-state index contributed by atoms with van der Waals surface area (Å²) in [6, 6.07) is 9.33. The maximum atomic E-state index is 13.7. The van der Waals surface area contributed by atoms with Crippen LogP contribution in [0.1, 0.15) is 26.5 Å². The van der Waals surface area contributed by atoms with E-state index < -0.39 is 34.3 Å². The molecule has 1 aromatic heterocycles. The molecule has 0 amide bonds. The molecule has 0 fully saturated rings. The number of methoxy groups -OCH3 is 1. The van der Waals surface area contributed by atoms with Gasteiger partial charge >= 0.3 is 12.1 Å². The molecule has 0 radical (unpaired) electrons. The van der Waals surface area contributed by atoms with Crippen LogP contribution in [0.15, 0.2) is 51.7 Å². The third-order valence-corrected chi connectivity index (χ3v) is 4.32. The lowest BCUT2D eigenvalue weighted by Gasteiger charge is -2.17. The first-order chi connectivity index (χ1) is 13.9. The van der Waals surface area contributed by atoms with E-state index in [1.54, 1.807) is 20.8 Å². The Labute approximate surface area is 170 Å². The summed E-state index contributed by atoms with van der Waals surface area (Å²) in [7, 11) is 1.42. The zero-order valence-electron chi connectivity index (χ0n) is 16.7. The number of ether oxygens (including phenoxy) is 2. The van der Waals surface area contributed by atoms with E-state index in [-0.39, 0.29) is 22.3 Å². The quantitative estimate of drug-likeness (QED) is 0.417. The predicted molar refractivity (Wildman–Crippen MR) is 105 cm³/mol. The lowest BCUT2D eigenvalue weighted by Crippen LogP contribution is -2.25. The number of alkyl halides is 3. The van der Waals surface area contributed by atoms with E-state index in [1.165, 1.54) is 43.5 Å². The van der Waals surface area contributed by atoms with Crippen LogP contribution in [0.3, 0.4) is 0 Å². The second-order valence-electron chi connectivity index (χ2n) is 7.66. The van der Waals surface area contributed by atoms with Gasteiger partial charge < -0.3 is 13.9 Å². The monoisotopic (exact) mass is 420 g/mol. The fraction of sp³-hybridized carbons (Fsp3) is 0.273. The molecule has 0 atom stereocenters. The second-order valence-corrected chi connectivity index (χ2v) is 7.66. The van der Waals surface area contributed by atoms with Crippen molar-refractivity contribution in [1.82, 2.24) is 0 Å². The molecule has 8 heteroatoms. The Morgan fingerprint density at radius 1 is 0.967 bits per heavy atom. The van der Waals surface area contributed by atoms with Crippen molar-refractivity contribution < 1.29 is 31.9 Å². The normalized spacial score (nSPS) is 12.1. The van der Waals surface area contributed by atoms with Crippen LogP contribution < -0.4 is 14.9 Å². The fourth-order valence-electron chi connectivity index (χ4n) is 2.72. The molecule has 0 saturated carbocycles. The number of carbonyl (C=O) groups excluding carboxylic acids is 1. The van der Waals surface area contributed by atoms with Crippen LogP contribution in [0.2, 0.25) is 0 Å². The van der Waals surface area contributed by atoms with E-state index in [2.05, 4.69) is 0 Å². The van der Waals surface area contributed by atoms with Gasteiger partial charge in [-0.15, -0.1) is 0 Å². The number of carbonyl (C=O) groups is 1. The number of esters is 1.